The van der Waals surface area contributed by atoms with Crippen LogP contribution in [0.15, 0.2) is 66.0 Å². The van der Waals surface area contributed by atoms with Crippen molar-refractivity contribution in [3.8, 4) is 11.5 Å². The fourth-order valence-corrected chi connectivity index (χ4v) is 2.79. The molecule has 25 heavy (non-hydrogen) atoms. The van der Waals surface area contributed by atoms with Gasteiger partial charge in [-0.05, 0) is 47.8 Å². The lowest BCUT2D eigenvalue weighted by Crippen LogP contribution is -2.13. The van der Waals surface area contributed by atoms with Crippen LogP contribution in [0.25, 0.3) is 0 Å². The number of benzene rings is 2. The first kappa shape index (κ1) is 16.7. The van der Waals surface area contributed by atoms with Gasteiger partial charge in [-0.3, -0.25) is 4.79 Å². The van der Waals surface area contributed by atoms with E-state index in [1.165, 1.54) is 18.4 Å². The highest BCUT2D eigenvalue weighted by molar-refractivity contribution is 7.12. The van der Waals surface area contributed by atoms with Crippen LogP contribution in [0.5, 0.6) is 11.5 Å². The van der Waals surface area contributed by atoms with Crippen molar-refractivity contribution < 1.29 is 19.1 Å². The van der Waals surface area contributed by atoms with Crippen LogP contribution in [0.1, 0.15) is 20.0 Å². The maximum absolute atomic E-state index is 12.3. The highest BCUT2D eigenvalue weighted by atomic mass is 32.1. The molecule has 3 aromatic rings. The Labute approximate surface area is 148 Å². The molecule has 1 heterocycles. The average molecular weight is 353 g/mol. The van der Waals surface area contributed by atoms with Crippen LogP contribution in [-0.4, -0.2) is 19.0 Å². The molecule has 3 rings (SSSR count). The standard InChI is InChI=1S/C19H15NO4S/c1-23-16-6-3-2-5-15(16)18(21)20-13-8-10-14(11-9-13)24-19(22)17-7-4-12-25-17/h2-12H,1H3,(H,20,21). The lowest BCUT2D eigenvalue weighted by molar-refractivity contribution is 0.0739. The van der Waals surface area contributed by atoms with Crippen molar-refractivity contribution in [1.82, 2.24) is 0 Å². The molecule has 0 bridgehead atoms. The number of amides is 1. The summed E-state index contributed by atoms with van der Waals surface area (Å²) >= 11 is 1.32. The smallest absolute Gasteiger partial charge is 0.353 e. The fraction of sp³-hybridized carbons (Fsp3) is 0.0526. The summed E-state index contributed by atoms with van der Waals surface area (Å²) in [7, 11) is 1.52. The molecule has 1 aromatic heterocycles. The second-order valence-electron chi connectivity index (χ2n) is 5.05. The van der Waals surface area contributed by atoms with Crippen LogP contribution in [0.3, 0.4) is 0 Å². The Bertz CT molecular complexity index is 873. The van der Waals surface area contributed by atoms with Crippen molar-refractivity contribution in [3.05, 3.63) is 76.5 Å². The molecule has 0 radical (unpaired) electrons. The van der Waals surface area contributed by atoms with Gasteiger partial charge in [0, 0.05) is 5.69 Å². The molecule has 0 unspecified atom stereocenters. The van der Waals surface area contributed by atoms with Gasteiger partial charge in [-0.2, -0.15) is 0 Å². The summed E-state index contributed by atoms with van der Waals surface area (Å²) in [6, 6.07) is 17.1. The van der Waals surface area contributed by atoms with E-state index < -0.39 is 5.97 Å². The van der Waals surface area contributed by atoms with Gasteiger partial charge in [-0.25, -0.2) is 4.79 Å². The van der Waals surface area contributed by atoms with Crippen LogP contribution < -0.4 is 14.8 Å². The van der Waals surface area contributed by atoms with Gasteiger partial charge in [-0.1, -0.05) is 18.2 Å². The second-order valence-corrected chi connectivity index (χ2v) is 5.99. The molecule has 0 fully saturated rings. The molecule has 0 atom stereocenters. The van der Waals surface area contributed by atoms with E-state index in [-0.39, 0.29) is 5.91 Å². The molecule has 1 N–H and O–H groups in total. The van der Waals surface area contributed by atoms with E-state index >= 15 is 0 Å². The van der Waals surface area contributed by atoms with Crippen LogP contribution in [0.4, 0.5) is 5.69 Å². The first-order valence-corrected chi connectivity index (χ1v) is 8.35. The van der Waals surface area contributed by atoms with Gasteiger partial charge < -0.3 is 14.8 Å². The summed E-state index contributed by atoms with van der Waals surface area (Å²) in [5.41, 5.74) is 1.03. The monoisotopic (exact) mass is 353 g/mol. The van der Waals surface area contributed by atoms with Crippen molar-refractivity contribution in [2.75, 3.05) is 12.4 Å². The van der Waals surface area contributed by atoms with E-state index in [9.17, 15) is 9.59 Å². The highest BCUT2D eigenvalue weighted by Gasteiger charge is 2.12. The predicted octanol–water partition coefficient (Wildman–Crippen LogP) is 4.23. The zero-order chi connectivity index (χ0) is 17.6. The topological polar surface area (TPSA) is 64.6 Å². The van der Waals surface area contributed by atoms with Crippen LogP contribution in [0.2, 0.25) is 0 Å². The minimum atomic E-state index is -0.402. The summed E-state index contributed by atoms with van der Waals surface area (Å²) in [5, 5.41) is 4.60. The van der Waals surface area contributed by atoms with Crippen LogP contribution >= 0.6 is 11.3 Å². The molecular weight excluding hydrogens is 338 g/mol. The zero-order valence-electron chi connectivity index (χ0n) is 13.4. The van der Waals surface area contributed by atoms with E-state index in [4.69, 9.17) is 9.47 Å². The summed E-state index contributed by atoms with van der Waals surface area (Å²) in [4.78, 5) is 24.8. The average Bonchev–Trinajstić information content (AvgIpc) is 3.18. The number of anilines is 1. The molecule has 0 aliphatic rings. The van der Waals surface area contributed by atoms with Crippen molar-refractivity contribution in [3.63, 3.8) is 0 Å². The quantitative estimate of drug-likeness (QED) is 0.551. The number of nitrogens with one attached hydrogen (secondary N) is 1. The van der Waals surface area contributed by atoms with Gasteiger partial charge in [0.2, 0.25) is 0 Å². The minimum Gasteiger partial charge on any atom is -0.496 e. The van der Waals surface area contributed by atoms with Gasteiger partial charge in [0.25, 0.3) is 5.91 Å². The number of carbonyl (C=O) groups excluding carboxylic acids is 2. The maximum atomic E-state index is 12.3. The Balaban J connectivity index is 1.66. The zero-order valence-corrected chi connectivity index (χ0v) is 14.2. The molecule has 0 aliphatic heterocycles. The number of thiophene rings is 1. The van der Waals surface area contributed by atoms with Crippen molar-refractivity contribution in [2.45, 2.75) is 0 Å². The van der Waals surface area contributed by atoms with Gasteiger partial charge in [0.15, 0.2) is 0 Å². The van der Waals surface area contributed by atoms with Crippen molar-refractivity contribution in [2.24, 2.45) is 0 Å². The third kappa shape index (κ3) is 4.05. The summed E-state index contributed by atoms with van der Waals surface area (Å²) in [5.74, 6) is 0.233. The lowest BCUT2D eigenvalue weighted by Gasteiger charge is -2.09. The van der Waals surface area contributed by atoms with Crippen molar-refractivity contribution in [1.29, 1.82) is 0 Å². The molecule has 0 aliphatic carbocycles. The van der Waals surface area contributed by atoms with Crippen LogP contribution in [0, 0.1) is 0 Å². The van der Waals surface area contributed by atoms with E-state index in [0.717, 1.165) is 0 Å². The Morgan fingerprint density at radius 3 is 2.40 bits per heavy atom. The van der Waals surface area contributed by atoms with E-state index in [2.05, 4.69) is 5.32 Å². The molecule has 1 amide bonds. The third-order valence-corrected chi connectivity index (χ3v) is 4.25. The largest absolute Gasteiger partial charge is 0.496 e. The third-order valence-electron chi connectivity index (χ3n) is 3.40. The molecule has 2 aromatic carbocycles. The first-order valence-electron chi connectivity index (χ1n) is 7.47. The maximum Gasteiger partial charge on any atom is 0.353 e. The minimum absolute atomic E-state index is 0.277. The Morgan fingerprint density at radius 1 is 0.960 bits per heavy atom. The number of esters is 1. The lowest BCUT2D eigenvalue weighted by atomic mass is 10.2. The second kappa shape index (κ2) is 7.63. The van der Waals surface area contributed by atoms with Crippen molar-refractivity contribution >= 4 is 28.9 Å². The first-order chi connectivity index (χ1) is 12.2. The molecular formula is C19H15NO4S. The Hall–Kier alpha value is -3.12. The number of methoxy groups -OCH3 is 1. The SMILES string of the molecule is COc1ccccc1C(=O)Nc1ccc(OC(=O)c2cccs2)cc1. The van der Waals surface area contributed by atoms with Gasteiger partial charge in [-0.15, -0.1) is 11.3 Å². The summed E-state index contributed by atoms with van der Waals surface area (Å²) in [6.07, 6.45) is 0. The highest BCUT2D eigenvalue weighted by Crippen LogP contribution is 2.21. The fourth-order valence-electron chi connectivity index (χ4n) is 2.19. The predicted molar refractivity (Wildman–Crippen MR) is 96.7 cm³/mol. The molecule has 0 saturated carbocycles. The molecule has 6 heteroatoms. The molecule has 0 saturated heterocycles. The number of para-hydroxylation sites is 1. The van der Waals surface area contributed by atoms with Crippen LogP contribution in [-0.2, 0) is 0 Å². The Morgan fingerprint density at radius 2 is 1.72 bits per heavy atom. The van der Waals surface area contributed by atoms with E-state index in [0.29, 0.717) is 27.6 Å². The van der Waals surface area contributed by atoms with Gasteiger partial charge >= 0.3 is 5.97 Å². The number of carbonyl (C=O) groups is 2. The normalized spacial score (nSPS) is 10.1. The van der Waals surface area contributed by atoms with E-state index in [1.807, 2.05) is 5.38 Å². The number of rotatable bonds is 5. The number of hydrogen-bond donors (Lipinski definition) is 1. The Kier molecular flexibility index (Phi) is 5.11. The number of hydrogen-bond acceptors (Lipinski definition) is 5. The summed E-state index contributed by atoms with van der Waals surface area (Å²) < 4.78 is 10.5. The molecule has 126 valence electrons. The van der Waals surface area contributed by atoms with Gasteiger partial charge in [0.1, 0.15) is 16.4 Å². The molecule has 5 nitrogen and oxygen atoms in total. The number of ether oxygens (including phenoxy) is 2. The van der Waals surface area contributed by atoms with Gasteiger partial charge in [0.05, 0.1) is 12.7 Å². The summed E-state index contributed by atoms with van der Waals surface area (Å²) in [6.45, 7) is 0. The molecule has 0 spiro atoms. The van der Waals surface area contributed by atoms with E-state index in [1.54, 1.807) is 60.7 Å².